The second-order valence-electron chi connectivity index (χ2n) is 3.83. The summed E-state index contributed by atoms with van der Waals surface area (Å²) in [5.41, 5.74) is 7.52. The van der Waals surface area contributed by atoms with Gasteiger partial charge in [-0.2, -0.15) is 0 Å². The number of rotatable bonds is 5. The van der Waals surface area contributed by atoms with Crippen LogP contribution in [-0.2, 0) is 4.74 Å². The van der Waals surface area contributed by atoms with E-state index in [0.29, 0.717) is 5.56 Å². The van der Waals surface area contributed by atoms with Crippen LogP contribution in [0.25, 0.3) is 0 Å². The van der Waals surface area contributed by atoms with E-state index < -0.39 is 0 Å². The average molecular weight is 221 g/mol. The van der Waals surface area contributed by atoms with E-state index in [1.807, 2.05) is 18.2 Å². The molecule has 0 heterocycles. The van der Waals surface area contributed by atoms with Crippen molar-refractivity contribution in [2.24, 2.45) is 5.73 Å². The van der Waals surface area contributed by atoms with Gasteiger partial charge >= 0.3 is 5.97 Å². The normalized spacial score (nSPS) is 12.2. The van der Waals surface area contributed by atoms with E-state index in [1.165, 1.54) is 7.11 Å². The molecule has 1 rings (SSSR count). The van der Waals surface area contributed by atoms with Crippen molar-refractivity contribution >= 4 is 5.97 Å². The summed E-state index contributed by atoms with van der Waals surface area (Å²) in [6, 6.07) is 7.28. The third-order valence-corrected chi connectivity index (χ3v) is 2.63. The molecule has 1 atom stereocenters. The van der Waals surface area contributed by atoms with Crippen LogP contribution >= 0.6 is 0 Å². The third-order valence-electron chi connectivity index (χ3n) is 2.63. The number of carbonyl (C=O) groups is 1. The van der Waals surface area contributed by atoms with Crippen LogP contribution in [-0.4, -0.2) is 13.1 Å². The maximum Gasteiger partial charge on any atom is 0.338 e. The summed E-state index contributed by atoms with van der Waals surface area (Å²) in [6.07, 6.45) is 3.06. The summed E-state index contributed by atoms with van der Waals surface area (Å²) in [4.78, 5) is 11.5. The van der Waals surface area contributed by atoms with Crippen LogP contribution in [0.4, 0.5) is 0 Å². The molecule has 88 valence electrons. The van der Waals surface area contributed by atoms with Crippen molar-refractivity contribution < 1.29 is 9.53 Å². The number of methoxy groups -OCH3 is 1. The highest BCUT2D eigenvalue weighted by atomic mass is 16.5. The zero-order valence-electron chi connectivity index (χ0n) is 9.90. The SMILES string of the molecule is CCCC[C@H](N)c1ccccc1C(=O)OC. The maximum atomic E-state index is 11.5. The summed E-state index contributed by atoms with van der Waals surface area (Å²) in [6.45, 7) is 2.12. The Morgan fingerprint density at radius 3 is 2.75 bits per heavy atom. The first kappa shape index (κ1) is 12.7. The first-order valence-electron chi connectivity index (χ1n) is 5.63. The maximum absolute atomic E-state index is 11.5. The third kappa shape index (κ3) is 3.07. The Labute approximate surface area is 96.6 Å². The van der Waals surface area contributed by atoms with Gasteiger partial charge in [-0.1, -0.05) is 38.0 Å². The Morgan fingerprint density at radius 1 is 1.44 bits per heavy atom. The lowest BCUT2D eigenvalue weighted by Crippen LogP contribution is -2.15. The fourth-order valence-corrected chi connectivity index (χ4v) is 1.70. The predicted octanol–water partition coefficient (Wildman–Crippen LogP) is 2.66. The molecule has 0 spiro atoms. The average Bonchev–Trinajstić information content (AvgIpc) is 2.35. The van der Waals surface area contributed by atoms with E-state index in [4.69, 9.17) is 10.5 Å². The second-order valence-corrected chi connectivity index (χ2v) is 3.83. The first-order chi connectivity index (χ1) is 7.70. The molecule has 0 bridgehead atoms. The Morgan fingerprint density at radius 2 is 2.12 bits per heavy atom. The highest BCUT2D eigenvalue weighted by Gasteiger charge is 2.15. The van der Waals surface area contributed by atoms with E-state index in [2.05, 4.69) is 6.92 Å². The summed E-state index contributed by atoms with van der Waals surface area (Å²) < 4.78 is 4.74. The van der Waals surface area contributed by atoms with Crippen molar-refractivity contribution in [2.75, 3.05) is 7.11 Å². The van der Waals surface area contributed by atoms with E-state index >= 15 is 0 Å². The molecular formula is C13H19NO2. The molecule has 3 heteroatoms. The van der Waals surface area contributed by atoms with Gasteiger partial charge in [-0.15, -0.1) is 0 Å². The molecule has 0 radical (unpaired) electrons. The minimum absolute atomic E-state index is 0.0877. The highest BCUT2D eigenvalue weighted by Crippen LogP contribution is 2.21. The van der Waals surface area contributed by atoms with Gasteiger partial charge in [0, 0.05) is 6.04 Å². The molecule has 0 amide bonds. The van der Waals surface area contributed by atoms with Crippen LogP contribution in [0, 0.1) is 0 Å². The second kappa shape index (κ2) is 6.28. The van der Waals surface area contributed by atoms with Crippen LogP contribution < -0.4 is 5.73 Å². The minimum Gasteiger partial charge on any atom is -0.465 e. The molecule has 2 N–H and O–H groups in total. The van der Waals surface area contributed by atoms with E-state index in [0.717, 1.165) is 24.8 Å². The quantitative estimate of drug-likeness (QED) is 0.778. The molecule has 0 aromatic heterocycles. The molecule has 1 aromatic carbocycles. The minimum atomic E-state index is -0.317. The molecule has 0 aliphatic carbocycles. The molecule has 0 aliphatic heterocycles. The topological polar surface area (TPSA) is 52.3 Å². The van der Waals surface area contributed by atoms with Crippen LogP contribution in [0.1, 0.15) is 48.1 Å². The van der Waals surface area contributed by atoms with Crippen molar-refractivity contribution in [1.82, 2.24) is 0 Å². The number of nitrogens with two attached hydrogens (primary N) is 1. The molecule has 1 aromatic rings. The summed E-state index contributed by atoms with van der Waals surface area (Å²) in [5, 5.41) is 0. The Bertz CT molecular complexity index is 350. The number of ether oxygens (including phenoxy) is 1. The van der Waals surface area contributed by atoms with E-state index in [-0.39, 0.29) is 12.0 Å². The van der Waals surface area contributed by atoms with Gasteiger partial charge in [0.1, 0.15) is 0 Å². The van der Waals surface area contributed by atoms with Crippen molar-refractivity contribution in [3.05, 3.63) is 35.4 Å². The summed E-state index contributed by atoms with van der Waals surface area (Å²) in [7, 11) is 1.39. The molecule has 3 nitrogen and oxygen atoms in total. The zero-order valence-corrected chi connectivity index (χ0v) is 9.90. The molecule has 0 saturated heterocycles. The Balaban J connectivity index is 2.89. The van der Waals surface area contributed by atoms with Gasteiger partial charge in [-0.05, 0) is 18.1 Å². The van der Waals surface area contributed by atoms with Crippen LogP contribution in [0.3, 0.4) is 0 Å². The lowest BCUT2D eigenvalue weighted by Gasteiger charge is -2.14. The van der Waals surface area contributed by atoms with Gasteiger partial charge in [0.05, 0.1) is 12.7 Å². The molecule has 0 aliphatic rings. The number of hydrogen-bond acceptors (Lipinski definition) is 3. The van der Waals surface area contributed by atoms with E-state index in [1.54, 1.807) is 6.07 Å². The molecule has 16 heavy (non-hydrogen) atoms. The van der Waals surface area contributed by atoms with Crippen molar-refractivity contribution in [2.45, 2.75) is 32.2 Å². The largest absolute Gasteiger partial charge is 0.465 e. The zero-order chi connectivity index (χ0) is 12.0. The Kier molecular flexibility index (Phi) is 4.99. The number of carbonyl (C=O) groups excluding carboxylic acids is 1. The molecule has 0 fully saturated rings. The number of hydrogen-bond donors (Lipinski definition) is 1. The lowest BCUT2D eigenvalue weighted by atomic mass is 9.97. The van der Waals surface area contributed by atoms with Crippen molar-refractivity contribution in [3.63, 3.8) is 0 Å². The van der Waals surface area contributed by atoms with Crippen LogP contribution in [0.15, 0.2) is 24.3 Å². The summed E-state index contributed by atoms with van der Waals surface area (Å²) in [5.74, 6) is -0.317. The smallest absolute Gasteiger partial charge is 0.338 e. The van der Waals surface area contributed by atoms with Crippen LogP contribution in [0.2, 0.25) is 0 Å². The van der Waals surface area contributed by atoms with E-state index in [9.17, 15) is 4.79 Å². The fourth-order valence-electron chi connectivity index (χ4n) is 1.70. The van der Waals surface area contributed by atoms with Gasteiger partial charge in [-0.3, -0.25) is 0 Å². The first-order valence-corrected chi connectivity index (χ1v) is 5.63. The molecule has 0 unspecified atom stereocenters. The lowest BCUT2D eigenvalue weighted by molar-refractivity contribution is 0.0599. The van der Waals surface area contributed by atoms with Crippen LogP contribution in [0.5, 0.6) is 0 Å². The monoisotopic (exact) mass is 221 g/mol. The van der Waals surface area contributed by atoms with Crippen molar-refractivity contribution in [3.8, 4) is 0 Å². The number of esters is 1. The summed E-state index contributed by atoms with van der Waals surface area (Å²) >= 11 is 0. The van der Waals surface area contributed by atoms with Crippen molar-refractivity contribution in [1.29, 1.82) is 0 Å². The van der Waals surface area contributed by atoms with Gasteiger partial charge in [0.25, 0.3) is 0 Å². The van der Waals surface area contributed by atoms with Gasteiger partial charge in [-0.25, -0.2) is 4.79 Å². The molecule has 0 saturated carbocycles. The Hall–Kier alpha value is -1.35. The van der Waals surface area contributed by atoms with Gasteiger partial charge in [0.15, 0.2) is 0 Å². The van der Waals surface area contributed by atoms with Gasteiger partial charge < -0.3 is 10.5 Å². The van der Waals surface area contributed by atoms with Gasteiger partial charge in [0.2, 0.25) is 0 Å². The predicted molar refractivity (Wildman–Crippen MR) is 64.2 cm³/mol. The number of unbranched alkanes of at least 4 members (excludes halogenated alkanes) is 1. The molecular weight excluding hydrogens is 202 g/mol. The highest BCUT2D eigenvalue weighted by molar-refractivity contribution is 5.91. The standard InChI is InChI=1S/C13H19NO2/c1-3-4-9-12(14)10-7-5-6-8-11(10)13(15)16-2/h5-8,12H,3-4,9,14H2,1-2H3/t12-/m0/s1. The fraction of sp³-hybridized carbons (Fsp3) is 0.462. The number of benzene rings is 1.